The van der Waals surface area contributed by atoms with E-state index in [9.17, 15) is 10.1 Å². The Hall–Kier alpha value is -1.78. The fourth-order valence-corrected chi connectivity index (χ4v) is 2.34. The van der Waals surface area contributed by atoms with Crippen molar-refractivity contribution in [1.82, 2.24) is 0 Å². The molecule has 0 aliphatic carbocycles. The van der Waals surface area contributed by atoms with Gasteiger partial charge in [0, 0.05) is 13.1 Å². The van der Waals surface area contributed by atoms with Crippen LogP contribution in [0.25, 0.3) is 0 Å². The lowest BCUT2D eigenvalue weighted by Gasteiger charge is -2.10. The number of nitro groups is 1. The van der Waals surface area contributed by atoms with Crippen molar-refractivity contribution in [1.29, 1.82) is 0 Å². The molecule has 0 bridgehead atoms. The van der Waals surface area contributed by atoms with Crippen molar-refractivity contribution in [3.8, 4) is 0 Å². The third-order valence-corrected chi connectivity index (χ3v) is 3.43. The van der Waals surface area contributed by atoms with Crippen LogP contribution >= 0.6 is 0 Å². The molecule has 0 saturated heterocycles. The maximum absolute atomic E-state index is 11.3. The van der Waals surface area contributed by atoms with Gasteiger partial charge in [-0.25, -0.2) is 0 Å². The number of nitro benzene ring substituents is 1. The minimum absolute atomic E-state index is 0.144. The van der Waals surface area contributed by atoms with Crippen LogP contribution in [0.5, 0.6) is 0 Å². The largest absolute Gasteiger partial charge is 0.380 e. The molecule has 118 valence electrons. The first-order valence-electron chi connectivity index (χ1n) is 7.95. The molecule has 0 fully saturated rings. The minimum Gasteiger partial charge on any atom is -0.380 e. The third kappa shape index (κ3) is 6.02. The molecule has 1 aromatic carbocycles. The standard InChI is InChI=1S/C16H27N3O2/c1-3-5-6-7-8-9-13-18-15-12-10-11-14(17-4-2)16(15)19(20)21/h10-12,17-18H,3-9,13H2,1-2H3. The van der Waals surface area contributed by atoms with Gasteiger partial charge in [0.2, 0.25) is 0 Å². The average molecular weight is 293 g/mol. The zero-order valence-electron chi connectivity index (χ0n) is 13.2. The number of hydrogen-bond donors (Lipinski definition) is 2. The second-order valence-corrected chi connectivity index (χ2v) is 5.18. The molecule has 21 heavy (non-hydrogen) atoms. The maximum atomic E-state index is 11.3. The van der Waals surface area contributed by atoms with E-state index in [4.69, 9.17) is 0 Å². The number of nitrogens with zero attached hydrogens (tertiary/aromatic N) is 1. The van der Waals surface area contributed by atoms with Crippen LogP contribution in [0, 0.1) is 10.1 Å². The van der Waals surface area contributed by atoms with Gasteiger partial charge in [0.05, 0.1) is 4.92 Å². The molecule has 0 unspecified atom stereocenters. The maximum Gasteiger partial charge on any atom is 0.315 e. The van der Waals surface area contributed by atoms with Crippen LogP contribution in [0.2, 0.25) is 0 Å². The molecule has 0 aromatic heterocycles. The lowest BCUT2D eigenvalue weighted by atomic mass is 10.1. The molecule has 2 N–H and O–H groups in total. The summed E-state index contributed by atoms with van der Waals surface area (Å²) in [5.74, 6) is 0. The van der Waals surface area contributed by atoms with E-state index in [1.165, 1.54) is 32.1 Å². The van der Waals surface area contributed by atoms with Gasteiger partial charge in [-0.2, -0.15) is 0 Å². The highest BCUT2D eigenvalue weighted by molar-refractivity contribution is 5.76. The molecule has 5 nitrogen and oxygen atoms in total. The zero-order valence-corrected chi connectivity index (χ0v) is 13.2. The quantitative estimate of drug-likeness (QED) is 0.349. The summed E-state index contributed by atoms with van der Waals surface area (Å²) < 4.78 is 0. The van der Waals surface area contributed by atoms with Gasteiger partial charge in [0.15, 0.2) is 0 Å². The van der Waals surface area contributed by atoms with Crippen molar-refractivity contribution < 1.29 is 4.92 Å². The van der Waals surface area contributed by atoms with Gasteiger partial charge in [0.1, 0.15) is 11.4 Å². The smallest absolute Gasteiger partial charge is 0.315 e. The summed E-state index contributed by atoms with van der Waals surface area (Å²) in [6.07, 6.45) is 7.30. The zero-order chi connectivity index (χ0) is 15.5. The first-order chi connectivity index (χ1) is 10.2. The highest BCUT2D eigenvalue weighted by atomic mass is 16.6. The highest BCUT2D eigenvalue weighted by Crippen LogP contribution is 2.32. The van der Waals surface area contributed by atoms with Crippen LogP contribution in [-0.4, -0.2) is 18.0 Å². The Morgan fingerprint density at radius 2 is 1.62 bits per heavy atom. The fraction of sp³-hybridized carbons (Fsp3) is 0.625. The number of hydrogen-bond acceptors (Lipinski definition) is 4. The second-order valence-electron chi connectivity index (χ2n) is 5.18. The lowest BCUT2D eigenvalue weighted by molar-refractivity contribution is -0.383. The fourth-order valence-electron chi connectivity index (χ4n) is 2.34. The predicted octanol–water partition coefficient (Wildman–Crippen LogP) is 4.80. The van der Waals surface area contributed by atoms with Crippen molar-refractivity contribution in [2.45, 2.75) is 52.4 Å². The van der Waals surface area contributed by atoms with E-state index in [1.807, 2.05) is 13.0 Å². The molecule has 0 atom stereocenters. The molecule has 5 heteroatoms. The van der Waals surface area contributed by atoms with Crippen LogP contribution in [0.1, 0.15) is 52.4 Å². The Kier molecular flexibility index (Phi) is 8.24. The van der Waals surface area contributed by atoms with Gasteiger partial charge in [-0.3, -0.25) is 10.1 Å². The van der Waals surface area contributed by atoms with Gasteiger partial charge in [-0.15, -0.1) is 0 Å². The average Bonchev–Trinajstić information content (AvgIpc) is 2.46. The van der Waals surface area contributed by atoms with Crippen LogP contribution in [0.4, 0.5) is 17.1 Å². The van der Waals surface area contributed by atoms with Crippen molar-refractivity contribution >= 4 is 17.1 Å². The molecule has 0 radical (unpaired) electrons. The van der Waals surface area contributed by atoms with E-state index >= 15 is 0 Å². The molecule has 0 spiro atoms. The summed E-state index contributed by atoms with van der Waals surface area (Å²) in [5.41, 5.74) is 1.33. The Labute approximate surface area is 127 Å². The summed E-state index contributed by atoms with van der Waals surface area (Å²) >= 11 is 0. The second kappa shape index (κ2) is 10.0. The topological polar surface area (TPSA) is 67.2 Å². The molecular weight excluding hydrogens is 266 g/mol. The summed E-state index contributed by atoms with van der Waals surface area (Å²) in [5, 5.41) is 17.5. The highest BCUT2D eigenvalue weighted by Gasteiger charge is 2.18. The van der Waals surface area contributed by atoms with Crippen molar-refractivity contribution in [2.75, 3.05) is 23.7 Å². The number of rotatable bonds is 11. The Morgan fingerprint density at radius 1 is 1.00 bits per heavy atom. The molecule has 0 aliphatic heterocycles. The number of benzene rings is 1. The lowest BCUT2D eigenvalue weighted by Crippen LogP contribution is -2.07. The normalized spacial score (nSPS) is 10.4. The van der Waals surface area contributed by atoms with Gasteiger partial charge in [-0.05, 0) is 25.5 Å². The van der Waals surface area contributed by atoms with E-state index in [0.717, 1.165) is 13.0 Å². The van der Waals surface area contributed by atoms with E-state index < -0.39 is 0 Å². The molecule has 1 aromatic rings. The molecular formula is C16H27N3O2. The summed E-state index contributed by atoms with van der Waals surface area (Å²) in [6.45, 7) is 5.59. The van der Waals surface area contributed by atoms with E-state index in [-0.39, 0.29) is 10.6 Å². The molecule has 0 amide bonds. The van der Waals surface area contributed by atoms with Crippen LogP contribution in [0.3, 0.4) is 0 Å². The van der Waals surface area contributed by atoms with Crippen molar-refractivity contribution in [2.24, 2.45) is 0 Å². The Balaban J connectivity index is 2.50. The molecule has 0 saturated carbocycles. The Bertz CT molecular complexity index is 436. The first kappa shape index (κ1) is 17.3. The van der Waals surface area contributed by atoms with Crippen LogP contribution in [-0.2, 0) is 0 Å². The van der Waals surface area contributed by atoms with E-state index in [0.29, 0.717) is 17.9 Å². The summed E-state index contributed by atoms with van der Waals surface area (Å²) in [7, 11) is 0. The number of nitrogens with one attached hydrogen (secondary N) is 2. The van der Waals surface area contributed by atoms with Gasteiger partial charge in [-0.1, -0.05) is 45.1 Å². The first-order valence-corrected chi connectivity index (χ1v) is 7.95. The molecule has 1 rings (SSSR count). The summed E-state index contributed by atoms with van der Waals surface area (Å²) in [6, 6.07) is 5.36. The SMILES string of the molecule is CCCCCCCCNc1cccc(NCC)c1[N+](=O)[O-]. The van der Waals surface area contributed by atoms with E-state index in [2.05, 4.69) is 17.6 Å². The number of unbranched alkanes of at least 4 members (excludes halogenated alkanes) is 5. The van der Waals surface area contributed by atoms with E-state index in [1.54, 1.807) is 12.1 Å². The molecule has 0 heterocycles. The Morgan fingerprint density at radius 3 is 2.24 bits per heavy atom. The third-order valence-electron chi connectivity index (χ3n) is 3.43. The van der Waals surface area contributed by atoms with Gasteiger partial charge < -0.3 is 10.6 Å². The van der Waals surface area contributed by atoms with Crippen molar-refractivity contribution in [3.05, 3.63) is 28.3 Å². The predicted molar refractivity (Wildman–Crippen MR) is 89.1 cm³/mol. The summed E-state index contributed by atoms with van der Waals surface area (Å²) in [4.78, 5) is 10.9. The van der Waals surface area contributed by atoms with Gasteiger partial charge >= 0.3 is 5.69 Å². The minimum atomic E-state index is -0.318. The monoisotopic (exact) mass is 293 g/mol. The van der Waals surface area contributed by atoms with Crippen LogP contribution in [0.15, 0.2) is 18.2 Å². The van der Waals surface area contributed by atoms with Crippen LogP contribution < -0.4 is 10.6 Å². The van der Waals surface area contributed by atoms with Gasteiger partial charge in [0.25, 0.3) is 0 Å². The number of para-hydroxylation sites is 1. The van der Waals surface area contributed by atoms with Crippen molar-refractivity contribution in [3.63, 3.8) is 0 Å². The molecule has 0 aliphatic rings. The number of anilines is 2.